The Morgan fingerprint density at radius 2 is 2.06 bits per heavy atom. The first-order valence-electron chi connectivity index (χ1n) is 5.70. The van der Waals surface area contributed by atoms with E-state index < -0.39 is 0 Å². The number of aryl methyl sites for hydroxylation is 2. The molecule has 0 aliphatic carbocycles. The molecule has 1 aromatic heterocycles. The number of nitrogens with two attached hydrogens (primary N) is 1. The van der Waals surface area contributed by atoms with E-state index in [1.807, 2.05) is 11.5 Å². The van der Waals surface area contributed by atoms with Gasteiger partial charge < -0.3 is 10.3 Å². The fraction of sp³-hybridized carbons (Fsp3) is 0.385. The molecule has 1 amide bonds. The third kappa shape index (κ3) is 2.16. The first kappa shape index (κ1) is 11.6. The predicted octanol–water partition coefficient (Wildman–Crippen LogP) is 1.77. The molecule has 0 bridgehead atoms. The molecule has 0 fully saturated rings. The number of imidazole rings is 1. The SMILES string of the molecule is Cc1cc2ncn(CC(C)C(N)=O)c2cc1C. The van der Waals surface area contributed by atoms with Crippen LogP contribution in [0.2, 0.25) is 0 Å². The van der Waals surface area contributed by atoms with Crippen molar-refractivity contribution in [3.8, 4) is 0 Å². The molecule has 1 atom stereocenters. The van der Waals surface area contributed by atoms with Gasteiger partial charge in [-0.3, -0.25) is 4.79 Å². The van der Waals surface area contributed by atoms with Crippen molar-refractivity contribution in [2.45, 2.75) is 27.3 Å². The highest BCUT2D eigenvalue weighted by Gasteiger charge is 2.12. The molecule has 0 aliphatic heterocycles. The number of carbonyl (C=O) groups is 1. The van der Waals surface area contributed by atoms with E-state index in [2.05, 4.69) is 31.0 Å². The smallest absolute Gasteiger partial charge is 0.222 e. The molecule has 4 heteroatoms. The molecule has 90 valence electrons. The molecule has 17 heavy (non-hydrogen) atoms. The van der Waals surface area contributed by atoms with E-state index in [0.29, 0.717) is 6.54 Å². The number of rotatable bonds is 3. The molecule has 0 saturated carbocycles. The van der Waals surface area contributed by atoms with Gasteiger partial charge in [0.2, 0.25) is 5.91 Å². The van der Waals surface area contributed by atoms with Gasteiger partial charge in [-0.1, -0.05) is 6.92 Å². The molecule has 2 aromatic rings. The van der Waals surface area contributed by atoms with Gasteiger partial charge in [-0.2, -0.15) is 0 Å². The van der Waals surface area contributed by atoms with Crippen molar-refractivity contribution in [1.29, 1.82) is 0 Å². The molecular formula is C13H17N3O. The Morgan fingerprint density at radius 3 is 2.71 bits per heavy atom. The van der Waals surface area contributed by atoms with Crippen molar-refractivity contribution in [2.24, 2.45) is 11.7 Å². The Kier molecular flexibility index (Phi) is 2.88. The lowest BCUT2D eigenvalue weighted by molar-refractivity contribution is -0.121. The molecular weight excluding hydrogens is 214 g/mol. The molecule has 0 radical (unpaired) electrons. The van der Waals surface area contributed by atoms with Gasteiger partial charge in [-0.15, -0.1) is 0 Å². The first-order chi connectivity index (χ1) is 7.99. The van der Waals surface area contributed by atoms with Gasteiger partial charge in [0, 0.05) is 6.54 Å². The number of benzene rings is 1. The van der Waals surface area contributed by atoms with Gasteiger partial charge in [0.1, 0.15) is 0 Å². The number of nitrogens with zero attached hydrogens (tertiary/aromatic N) is 2. The normalized spacial score (nSPS) is 12.9. The first-order valence-corrected chi connectivity index (χ1v) is 5.70. The van der Waals surface area contributed by atoms with Crippen LogP contribution in [-0.2, 0) is 11.3 Å². The number of aromatic nitrogens is 2. The fourth-order valence-corrected chi connectivity index (χ4v) is 1.84. The van der Waals surface area contributed by atoms with Crippen LogP contribution in [0.3, 0.4) is 0 Å². The van der Waals surface area contributed by atoms with Gasteiger partial charge in [-0.25, -0.2) is 4.98 Å². The van der Waals surface area contributed by atoms with Crippen molar-refractivity contribution in [3.05, 3.63) is 29.6 Å². The van der Waals surface area contributed by atoms with Crippen molar-refractivity contribution < 1.29 is 4.79 Å². The minimum Gasteiger partial charge on any atom is -0.369 e. The Balaban J connectivity index is 2.42. The number of primary amides is 1. The van der Waals surface area contributed by atoms with Crippen LogP contribution in [0.4, 0.5) is 0 Å². The lowest BCUT2D eigenvalue weighted by Gasteiger charge is -2.09. The summed E-state index contributed by atoms with van der Waals surface area (Å²) in [5.41, 5.74) is 9.75. The quantitative estimate of drug-likeness (QED) is 0.875. The summed E-state index contributed by atoms with van der Waals surface area (Å²) in [4.78, 5) is 15.4. The maximum Gasteiger partial charge on any atom is 0.222 e. The van der Waals surface area contributed by atoms with Crippen LogP contribution in [-0.4, -0.2) is 15.5 Å². The van der Waals surface area contributed by atoms with Gasteiger partial charge in [0.15, 0.2) is 0 Å². The topological polar surface area (TPSA) is 60.9 Å². The van der Waals surface area contributed by atoms with Gasteiger partial charge in [-0.05, 0) is 37.1 Å². The van der Waals surface area contributed by atoms with Crippen LogP contribution in [0, 0.1) is 19.8 Å². The van der Waals surface area contributed by atoms with E-state index in [1.165, 1.54) is 11.1 Å². The Hall–Kier alpha value is -1.84. The molecule has 4 nitrogen and oxygen atoms in total. The van der Waals surface area contributed by atoms with Crippen LogP contribution in [0.5, 0.6) is 0 Å². The Morgan fingerprint density at radius 1 is 1.41 bits per heavy atom. The average molecular weight is 231 g/mol. The second kappa shape index (κ2) is 4.20. The van der Waals surface area contributed by atoms with Crippen LogP contribution in [0.15, 0.2) is 18.5 Å². The average Bonchev–Trinajstić information content (AvgIpc) is 2.62. The molecule has 2 rings (SSSR count). The van der Waals surface area contributed by atoms with E-state index in [4.69, 9.17) is 5.73 Å². The van der Waals surface area contributed by atoms with Gasteiger partial charge in [0.05, 0.1) is 23.3 Å². The zero-order chi connectivity index (χ0) is 12.6. The number of fused-ring (bicyclic) bond motifs is 1. The zero-order valence-corrected chi connectivity index (χ0v) is 10.4. The standard InChI is InChI=1S/C13H17N3O/c1-8-4-11-12(5-9(8)2)16(7-15-11)6-10(3)13(14)17/h4-5,7,10H,6H2,1-3H3,(H2,14,17). The summed E-state index contributed by atoms with van der Waals surface area (Å²) in [6.45, 7) is 6.55. The maximum atomic E-state index is 11.1. The summed E-state index contributed by atoms with van der Waals surface area (Å²) in [5.74, 6) is -0.468. The Labute approximate surface area is 100 Å². The summed E-state index contributed by atoms with van der Waals surface area (Å²) in [6, 6.07) is 4.17. The van der Waals surface area contributed by atoms with Crippen molar-refractivity contribution in [1.82, 2.24) is 9.55 Å². The third-order valence-corrected chi connectivity index (χ3v) is 3.19. The minimum atomic E-state index is -0.282. The van der Waals surface area contributed by atoms with Crippen LogP contribution >= 0.6 is 0 Å². The Bertz CT molecular complexity index is 571. The van der Waals surface area contributed by atoms with Crippen molar-refractivity contribution in [3.63, 3.8) is 0 Å². The summed E-state index contributed by atoms with van der Waals surface area (Å²) < 4.78 is 1.98. The summed E-state index contributed by atoms with van der Waals surface area (Å²) in [5, 5.41) is 0. The number of hydrogen-bond donors (Lipinski definition) is 1. The number of amides is 1. The monoisotopic (exact) mass is 231 g/mol. The fourth-order valence-electron chi connectivity index (χ4n) is 1.84. The number of carbonyl (C=O) groups excluding carboxylic acids is 1. The van der Waals surface area contributed by atoms with Crippen molar-refractivity contribution >= 4 is 16.9 Å². The predicted molar refractivity (Wildman–Crippen MR) is 67.6 cm³/mol. The highest BCUT2D eigenvalue weighted by atomic mass is 16.1. The zero-order valence-electron chi connectivity index (χ0n) is 10.4. The highest BCUT2D eigenvalue weighted by Crippen LogP contribution is 2.19. The van der Waals surface area contributed by atoms with E-state index in [1.54, 1.807) is 6.33 Å². The summed E-state index contributed by atoms with van der Waals surface area (Å²) in [6.07, 6.45) is 1.77. The largest absolute Gasteiger partial charge is 0.369 e. The molecule has 0 saturated heterocycles. The highest BCUT2D eigenvalue weighted by molar-refractivity contribution is 5.78. The third-order valence-electron chi connectivity index (χ3n) is 3.19. The van der Waals surface area contributed by atoms with E-state index >= 15 is 0 Å². The second-order valence-electron chi connectivity index (χ2n) is 4.63. The van der Waals surface area contributed by atoms with Crippen LogP contribution in [0.25, 0.3) is 11.0 Å². The molecule has 1 heterocycles. The van der Waals surface area contributed by atoms with E-state index in [9.17, 15) is 4.79 Å². The molecule has 1 unspecified atom stereocenters. The molecule has 2 N–H and O–H groups in total. The summed E-state index contributed by atoms with van der Waals surface area (Å²) >= 11 is 0. The second-order valence-corrected chi connectivity index (χ2v) is 4.63. The van der Waals surface area contributed by atoms with E-state index in [-0.39, 0.29) is 11.8 Å². The van der Waals surface area contributed by atoms with Crippen LogP contribution in [0.1, 0.15) is 18.1 Å². The van der Waals surface area contributed by atoms with E-state index in [0.717, 1.165) is 11.0 Å². The molecule has 0 spiro atoms. The van der Waals surface area contributed by atoms with Crippen LogP contribution < -0.4 is 5.73 Å². The van der Waals surface area contributed by atoms with Gasteiger partial charge >= 0.3 is 0 Å². The lowest BCUT2D eigenvalue weighted by atomic mass is 10.1. The molecule has 0 aliphatic rings. The maximum absolute atomic E-state index is 11.1. The number of hydrogen-bond acceptors (Lipinski definition) is 2. The van der Waals surface area contributed by atoms with Crippen molar-refractivity contribution in [2.75, 3.05) is 0 Å². The summed E-state index contributed by atoms with van der Waals surface area (Å²) in [7, 11) is 0. The minimum absolute atomic E-state index is 0.186. The molecule has 1 aromatic carbocycles. The van der Waals surface area contributed by atoms with Gasteiger partial charge in [0.25, 0.3) is 0 Å². The lowest BCUT2D eigenvalue weighted by Crippen LogP contribution is -2.24.